The fourth-order valence-electron chi connectivity index (χ4n) is 3.67. The molecule has 0 saturated heterocycles. The number of nitriles is 1. The number of thiophene rings is 1. The molecule has 4 rings (SSSR count). The highest BCUT2D eigenvalue weighted by Gasteiger charge is 2.39. The number of hydrogen-bond donors (Lipinski definition) is 3. The van der Waals surface area contributed by atoms with E-state index in [1.54, 1.807) is 18.2 Å². The molecular weight excluding hydrogens is 578 g/mol. The van der Waals surface area contributed by atoms with E-state index in [1.165, 1.54) is 12.1 Å². The Kier molecular flexibility index (Phi) is 8.13. The Morgan fingerprint density at radius 3 is 2.46 bits per heavy atom. The van der Waals surface area contributed by atoms with Gasteiger partial charge in [-0.3, -0.25) is 4.57 Å². The molecule has 0 aliphatic rings. The van der Waals surface area contributed by atoms with Crippen molar-refractivity contribution in [1.29, 1.82) is 5.26 Å². The predicted molar refractivity (Wildman–Crippen MR) is 135 cm³/mol. The maximum absolute atomic E-state index is 13.4. The van der Waals surface area contributed by atoms with Crippen LogP contribution in [-0.2, 0) is 27.3 Å². The topological polar surface area (TPSA) is 141 Å². The minimum atomic E-state index is -5.35. The minimum Gasteiger partial charge on any atom is -0.487 e. The summed E-state index contributed by atoms with van der Waals surface area (Å²) in [5, 5.41) is 9.45. The van der Waals surface area contributed by atoms with Gasteiger partial charge >= 0.3 is 13.8 Å². The molecule has 204 valence electrons. The molecule has 3 N–H and O–H groups in total. The largest absolute Gasteiger partial charge is 0.487 e. The van der Waals surface area contributed by atoms with Gasteiger partial charge in [-0.15, -0.1) is 11.3 Å². The molecule has 0 fully saturated rings. The Morgan fingerprint density at radius 2 is 1.82 bits per heavy atom. The van der Waals surface area contributed by atoms with Gasteiger partial charge in [0, 0.05) is 16.8 Å². The number of nitrogens with zero attached hydrogens (tertiary/aromatic N) is 2. The van der Waals surface area contributed by atoms with Gasteiger partial charge in [-0.2, -0.15) is 23.2 Å². The Hall–Kier alpha value is -3.31. The summed E-state index contributed by atoms with van der Waals surface area (Å²) in [6, 6.07) is 15.1. The Balaban J connectivity index is 1.59. The molecule has 0 aliphatic heterocycles. The third-order valence-corrected chi connectivity index (χ3v) is 9.80. The first kappa shape index (κ1) is 28.7. The van der Waals surface area contributed by atoms with Crippen LogP contribution in [0.2, 0.25) is 0 Å². The summed E-state index contributed by atoms with van der Waals surface area (Å²) >= 11 is 0.809. The number of halogens is 3. The molecule has 2 aromatic heterocycles. The van der Waals surface area contributed by atoms with Gasteiger partial charge in [0.2, 0.25) is 0 Å². The van der Waals surface area contributed by atoms with Crippen LogP contribution < -0.4 is 14.0 Å². The molecule has 0 amide bonds. The summed E-state index contributed by atoms with van der Waals surface area (Å²) in [5.74, 6) is -1.85. The van der Waals surface area contributed by atoms with Crippen LogP contribution in [0.25, 0.3) is 10.1 Å². The number of aromatic nitrogens is 1. The molecule has 2 aromatic carbocycles. The van der Waals surface area contributed by atoms with Gasteiger partial charge in [0.05, 0.1) is 17.2 Å². The second-order valence-electron chi connectivity index (χ2n) is 8.25. The summed E-state index contributed by atoms with van der Waals surface area (Å²) < 4.78 is 88.3. The number of benzene rings is 2. The molecule has 2 heterocycles. The smallest absolute Gasteiger partial charge is 0.417 e. The molecule has 0 spiro atoms. The zero-order valence-electron chi connectivity index (χ0n) is 19.7. The molecular formula is C24H20F3N3O6PS2+. The monoisotopic (exact) mass is 598 g/mol. The van der Waals surface area contributed by atoms with E-state index in [0.717, 1.165) is 23.5 Å². The van der Waals surface area contributed by atoms with Crippen molar-refractivity contribution < 1.29 is 45.2 Å². The van der Waals surface area contributed by atoms with Crippen molar-refractivity contribution in [3.8, 4) is 11.8 Å². The zero-order chi connectivity index (χ0) is 28.4. The van der Waals surface area contributed by atoms with E-state index < -0.39 is 46.3 Å². The fourth-order valence-corrected chi connectivity index (χ4v) is 7.64. The van der Waals surface area contributed by atoms with Gasteiger partial charge in [0.15, 0.2) is 18.9 Å². The van der Waals surface area contributed by atoms with Crippen LogP contribution >= 0.6 is 18.9 Å². The average Bonchev–Trinajstić information content (AvgIpc) is 3.31. The van der Waals surface area contributed by atoms with Crippen molar-refractivity contribution in [2.45, 2.75) is 22.7 Å². The number of rotatable bonds is 9. The number of fused-ring (bicyclic) bond motifs is 1. The zero-order valence-corrected chi connectivity index (χ0v) is 22.3. The van der Waals surface area contributed by atoms with E-state index in [9.17, 15) is 35.9 Å². The summed E-state index contributed by atoms with van der Waals surface area (Å²) in [6.07, 6.45) is -1.25. The highest BCUT2D eigenvalue weighted by Crippen LogP contribution is 2.51. The molecule has 15 heteroatoms. The number of pyridine rings is 1. The molecule has 9 nitrogen and oxygen atoms in total. The number of hydrogen-bond acceptors (Lipinski definition) is 6. The summed E-state index contributed by atoms with van der Waals surface area (Å²) in [6.45, 7) is 0.909. The normalized spacial score (nSPS) is 13.2. The van der Waals surface area contributed by atoms with Gasteiger partial charge in [0.1, 0.15) is 22.3 Å². The van der Waals surface area contributed by atoms with Crippen molar-refractivity contribution in [3.05, 3.63) is 89.7 Å². The van der Waals surface area contributed by atoms with Crippen LogP contribution in [0.15, 0.2) is 77.3 Å². The first-order chi connectivity index (χ1) is 18.3. The van der Waals surface area contributed by atoms with Crippen molar-refractivity contribution in [1.82, 2.24) is 4.72 Å². The van der Waals surface area contributed by atoms with E-state index in [1.807, 2.05) is 39.9 Å². The first-order valence-electron chi connectivity index (χ1n) is 11.1. The average molecular weight is 599 g/mol. The number of nitrogens with one attached hydrogen (secondary N) is 1. The van der Waals surface area contributed by atoms with Crippen LogP contribution in [0.3, 0.4) is 0 Å². The first-order valence-corrected chi connectivity index (χ1v) is 15.1. The molecule has 0 bridgehead atoms. The number of alkyl halides is 3. The molecule has 39 heavy (non-hydrogen) atoms. The predicted octanol–water partition coefficient (Wildman–Crippen LogP) is 4.31. The number of ether oxygens (including phenoxy) is 1. The van der Waals surface area contributed by atoms with Crippen LogP contribution in [0.1, 0.15) is 22.5 Å². The number of sulfonamides is 1. The SMILES string of the molecule is N#Cc1ccc(C(NS(=O)(=O)c2cc3cc(OCC[n+]4ccccc4)ccc3s2)P(=O)(O)O)cc1C(F)(F)F. The van der Waals surface area contributed by atoms with E-state index in [-0.39, 0.29) is 4.21 Å². The van der Waals surface area contributed by atoms with Gasteiger partial charge in [-0.1, -0.05) is 12.1 Å². The second kappa shape index (κ2) is 11.1. The Labute approximate surface area is 224 Å². The molecule has 0 aliphatic carbocycles. The third-order valence-electron chi connectivity index (χ3n) is 5.51. The lowest BCUT2D eigenvalue weighted by atomic mass is 10.0. The van der Waals surface area contributed by atoms with Crippen molar-refractivity contribution in [2.75, 3.05) is 6.61 Å². The van der Waals surface area contributed by atoms with Gasteiger partial charge in [0.25, 0.3) is 10.0 Å². The van der Waals surface area contributed by atoms with Crippen molar-refractivity contribution in [3.63, 3.8) is 0 Å². The highest BCUT2D eigenvalue weighted by atomic mass is 32.2. The van der Waals surface area contributed by atoms with Gasteiger partial charge in [-0.25, -0.2) is 13.0 Å². The molecule has 1 atom stereocenters. The standard InChI is InChI=1S/C24H19F3N3O6PS2/c25-24(26,27)20-13-16(4-5-17(20)15-28)23(37(31,32)33)29-39(34,35)22-14-18-12-19(6-7-21(18)38-22)36-11-10-30-8-2-1-3-9-30/h1-9,12-14,23,29H,10-11H2,(H-,31,32,33)/p+1. The van der Waals surface area contributed by atoms with Crippen molar-refractivity contribution in [2.24, 2.45) is 0 Å². The van der Waals surface area contributed by atoms with Crippen LogP contribution in [0.5, 0.6) is 5.75 Å². The lowest BCUT2D eigenvalue weighted by Crippen LogP contribution is -2.35. The quantitative estimate of drug-likeness (QED) is 0.193. The van der Waals surface area contributed by atoms with Crippen LogP contribution in [0.4, 0.5) is 13.2 Å². The van der Waals surface area contributed by atoms with E-state index in [4.69, 9.17) is 10.00 Å². The molecule has 4 aromatic rings. The fraction of sp³-hybridized carbons (Fsp3) is 0.167. The Bertz CT molecular complexity index is 1700. The summed E-state index contributed by atoms with van der Waals surface area (Å²) in [4.78, 5) is 19.7. The third kappa shape index (κ3) is 6.83. The van der Waals surface area contributed by atoms with E-state index in [0.29, 0.717) is 35.1 Å². The second-order valence-corrected chi connectivity index (χ2v) is 13.0. The summed E-state index contributed by atoms with van der Waals surface area (Å²) in [5.41, 5.74) is -2.87. The highest BCUT2D eigenvalue weighted by molar-refractivity contribution is 7.92. The van der Waals surface area contributed by atoms with Gasteiger partial charge < -0.3 is 14.5 Å². The lowest BCUT2D eigenvalue weighted by molar-refractivity contribution is -0.697. The molecule has 0 radical (unpaired) electrons. The summed E-state index contributed by atoms with van der Waals surface area (Å²) in [7, 11) is -9.95. The minimum absolute atomic E-state index is 0.308. The molecule has 0 saturated carbocycles. The van der Waals surface area contributed by atoms with Crippen LogP contribution in [-0.4, -0.2) is 24.8 Å². The lowest BCUT2D eigenvalue weighted by Gasteiger charge is -2.21. The Morgan fingerprint density at radius 1 is 1.10 bits per heavy atom. The maximum atomic E-state index is 13.4. The van der Waals surface area contributed by atoms with Gasteiger partial charge in [-0.05, 0) is 47.3 Å². The van der Waals surface area contributed by atoms with Crippen molar-refractivity contribution >= 4 is 39.0 Å². The van der Waals surface area contributed by atoms with Crippen LogP contribution in [0, 0.1) is 11.3 Å². The maximum Gasteiger partial charge on any atom is 0.417 e. The van der Waals surface area contributed by atoms with E-state index >= 15 is 0 Å². The molecule has 1 unspecified atom stereocenters. The van der Waals surface area contributed by atoms with E-state index in [2.05, 4.69) is 0 Å².